The first kappa shape index (κ1) is 12.8. The Balaban J connectivity index is 3.44. The van der Waals surface area contributed by atoms with Crippen LogP contribution in [0.3, 0.4) is 0 Å². The summed E-state index contributed by atoms with van der Waals surface area (Å²) in [6, 6.07) is 0. The molecule has 0 aromatic rings. The molecule has 0 aliphatic carbocycles. The lowest BCUT2D eigenvalue weighted by Gasteiger charge is -2.18. The van der Waals surface area contributed by atoms with Crippen molar-refractivity contribution in [3.05, 3.63) is 0 Å². The third-order valence-corrected chi connectivity index (χ3v) is 1.40. The number of ether oxygens (including phenoxy) is 3. The van der Waals surface area contributed by atoms with Crippen molar-refractivity contribution in [2.24, 2.45) is 0 Å². The second kappa shape index (κ2) is 8.44. The van der Waals surface area contributed by atoms with Crippen LogP contribution in [0.2, 0.25) is 0 Å². The van der Waals surface area contributed by atoms with E-state index in [0.717, 1.165) is 6.54 Å². The molecule has 0 unspecified atom stereocenters. The predicted octanol–water partition coefficient (Wildman–Crippen LogP) is 0.921. The molecule has 0 spiro atoms. The summed E-state index contributed by atoms with van der Waals surface area (Å²) in [5.74, 6) is 0. The van der Waals surface area contributed by atoms with E-state index < -0.39 is 6.48 Å². The van der Waals surface area contributed by atoms with Crippen LogP contribution < -0.4 is 0 Å². The number of rotatable bonds is 8. The van der Waals surface area contributed by atoms with E-state index in [4.69, 9.17) is 14.2 Å². The van der Waals surface area contributed by atoms with Crippen molar-refractivity contribution in [1.82, 2.24) is 4.90 Å². The van der Waals surface area contributed by atoms with E-state index in [-0.39, 0.29) is 0 Å². The maximum atomic E-state index is 5.35. The SMILES string of the molecule is CCOC(OCC)OCCN(C)C. The molecule has 0 aliphatic heterocycles. The van der Waals surface area contributed by atoms with Crippen LogP contribution in [0.4, 0.5) is 0 Å². The van der Waals surface area contributed by atoms with Crippen LogP contribution in [-0.4, -0.2) is 51.8 Å². The zero-order chi connectivity index (χ0) is 10.1. The summed E-state index contributed by atoms with van der Waals surface area (Å²) in [7, 11) is 4.00. The quantitative estimate of drug-likeness (QED) is 0.534. The molecule has 0 radical (unpaired) electrons. The van der Waals surface area contributed by atoms with Gasteiger partial charge in [0.15, 0.2) is 0 Å². The Hall–Kier alpha value is -0.160. The van der Waals surface area contributed by atoms with Gasteiger partial charge in [0.05, 0.1) is 6.61 Å². The van der Waals surface area contributed by atoms with Crippen LogP contribution in [0.5, 0.6) is 0 Å². The molecule has 0 aliphatic rings. The topological polar surface area (TPSA) is 30.9 Å². The number of nitrogens with zero attached hydrogens (tertiary/aromatic N) is 1. The van der Waals surface area contributed by atoms with Gasteiger partial charge in [-0.15, -0.1) is 0 Å². The normalized spacial score (nSPS) is 11.5. The van der Waals surface area contributed by atoms with Crippen LogP contribution in [-0.2, 0) is 14.2 Å². The summed E-state index contributed by atoms with van der Waals surface area (Å²) < 4.78 is 15.8. The van der Waals surface area contributed by atoms with E-state index in [0.29, 0.717) is 19.8 Å². The van der Waals surface area contributed by atoms with Crippen LogP contribution in [0.15, 0.2) is 0 Å². The molecule has 0 fully saturated rings. The molecule has 13 heavy (non-hydrogen) atoms. The molecule has 4 heteroatoms. The lowest BCUT2D eigenvalue weighted by atomic mass is 10.6. The summed E-state index contributed by atoms with van der Waals surface area (Å²) in [6.07, 6.45) is 0. The minimum Gasteiger partial charge on any atom is -0.330 e. The molecule has 0 atom stereocenters. The van der Waals surface area contributed by atoms with Crippen molar-refractivity contribution < 1.29 is 14.2 Å². The highest BCUT2D eigenvalue weighted by molar-refractivity contribution is 4.39. The van der Waals surface area contributed by atoms with E-state index >= 15 is 0 Å². The fourth-order valence-electron chi connectivity index (χ4n) is 0.748. The second-order valence-corrected chi connectivity index (χ2v) is 2.87. The van der Waals surface area contributed by atoms with Gasteiger partial charge in [0, 0.05) is 19.8 Å². The number of hydrogen-bond acceptors (Lipinski definition) is 4. The van der Waals surface area contributed by atoms with E-state index in [1.807, 2.05) is 27.9 Å². The molecule has 0 N–H and O–H groups in total. The summed E-state index contributed by atoms with van der Waals surface area (Å²) >= 11 is 0. The summed E-state index contributed by atoms with van der Waals surface area (Å²) in [5.41, 5.74) is 0. The van der Waals surface area contributed by atoms with Gasteiger partial charge in [-0.05, 0) is 27.9 Å². The van der Waals surface area contributed by atoms with Gasteiger partial charge in [-0.25, -0.2) is 0 Å². The largest absolute Gasteiger partial charge is 0.330 e. The van der Waals surface area contributed by atoms with Gasteiger partial charge >= 0.3 is 0 Å². The molecule has 4 nitrogen and oxygen atoms in total. The first-order valence-electron chi connectivity index (χ1n) is 4.70. The maximum absolute atomic E-state index is 5.35. The van der Waals surface area contributed by atoms with E-state index in [2.05, 4.69) is 4.90 Å². The van der Waals surface area contributed by atoms with Crippen LogP contribution in [0.1, 0.15) is 13.8 Å². The van der Waals surface area contributed by atoms with Crippen LogP contribution in [0, 0.1) is 0 Å². The molecule has 0 aromatic heterocycles. The molecular formula is C9H21NO3. The lowest BCUT2D eigenvalue weighted by molar-refractivity contribution is -0.284. The van der Waals surface area contributed by atoms with Gasteiger partial charge < -0.3 is 19.1 Å². The Morgan fingerprint density at radius 3 is 1.92 bits per heavy atom. The summed E-state index contributed by atoms with van der Waals surface area (Å²) in [6.45, 7) is 6.03. The van der Waals surface area contributed by atoms with Gasteiger partial charge in [0.25, 0.3) is 6.48 Å². The van der Waals surface area contributed by atoms with E-state index in [9.17, 15) is 0 Å². The molecule has 0 saturated heterocycles. The van der Waals surface area contributed by atoms with Crippen molar-refractivity contribution in [3.8, 4) is 0 Å². The molecular weight excluding hydrogens is 170 g/mol. The summed E-state index contributed by atoms with van der Waals surface area (Å²) in [4.78, 5) is 2.05. The third kappa shape index (κ3) is 8.18. The van der Waals surface area contributed by atoms with E-state index in [1.165, 1.54) is 0 Å². The highest BCUT2D eigenvalue weighted by Gasteiger charge is 2.06. The molecule has 0 rings (SSSR count). The average molecular weight is 191 g/mol. The van der Waals surface area contributed by atoms with Gasteiger partial charge in [-0.2, -0.15) is 0 Å². The smallest absolute Gasteiger partial charge is 0.271 e. The van der Waals surface area contributed by atoms with Crippen molar-refractivity contribution in [1.29, 1.82) is 0 Å². The molecule has 0 amide bonds. The van der Waals surface area contributed by atoms with Crippen LogP contribution in [0.25, 0.3) is 0 Å². The molecule has 0 saturated carbocycles. The first-order valence-corrected chi connectivity index (χ1v) is 4.70. The molecule has 80 valence electrons. The second-order valence-electron chi connectivity index (χ2n) is 2.87. The first-order chi connectivity index (χ1) is 6.20. The highest BCUT2D eigenvalue weighted by atomic mass is 16.8. The lowest BCUT2D eigenvalue weighted by Crippen LogP contribution is -2.26. The Morgan fingerprint density at radius 1 is 1.00 bits per heavy atom. The van der Waals surface area contributed by atoms with Gasteiger partial charge in [0.2, 0.25) is 0 Å². The number of hydrogen-bond donors (Lipinski definition) is 0. The van der Waals surface area contributed by atoms with Gasteiger partial charge in [0.1, 0.15) is 0 Å². The van der Waals surface area contributed by atoms with Crippen LogP contribution >= 0.6 is 0 Å². The molecule has 0 aromatic carbocycles. The Kier molecular flexibility index (Phi) is 8.33. The zero-order valence-corrected chi connectivity index (χ0v) is 9.08. The Bertz CT molecular complexity index is 103. The van der Waals surface area contributed by atoms with Crippen molar-refractivity contribution in [2.45, 2.75) is 20.3 Å². The molecule has 0 bridgehead atoms. The Labute approximate surface area is 80.8 Å². The standard InChI is InChI=1S/C9H21NO3/c1-5-11-9(12-6-2)13-8-7-10(3)4/h9H,5-8H2,1-4H3. The summed E-state index contributed by atoms with van der Waals surface area (Å²) in [5, 5.41) is 0. The fraction of sp³-hybridized carbons (Fsp3) is 1.00. The fourth-order valence-corrected chi connectivity index (χ4v) is 0.748. The zero-order valence-electron chi connectivity index (χ0n) is 9.08. The highest BCUT2D eigenvalue weighted by Crippen LogP contribution is 1.97. The third-order valence-electron chi connectivity index (χ3n) is 1.40. The van der Waals surface area contributed by atoms with Crippen molar-refractivity contribution in [2.75, 3.05) is 40.5 Å². The molecule has 0 heterocycles. The maximum Gasteiger partial charge on any atom is 0.271 e. The minimum absolute atomic E-state index is 0.505. The van der Waals surface area contributed by atoms with E-state index in [1.54, 1.807) is 0 Å². The monoisotopic (exact) mass is 191 g/mol. The predicted molar refractivity (Wildman–Crippen MR) is 51.5 cm³/mol. The minimum atomic E-state index is -0.505. The van der Waals surface area contributed by atoms with Gasteiger partial charge in [-0.3, -0.25) is 0 Å². The average Bonchev–Trinajstić information content (AvgIpc) is 2.04. The number of likely N-dealkylation sites (N-methyl/N-ethyl adjacent to an activating group) is 1. The van der Waals surface area contributed by atoms with Crippen molar-refractivity contribution >= 4 is 0 Å². The van der Waals surface area contributed by atoms with Crippen molar-refractivity contribution in [3.63, 3.8) is 0 Å². The van der Waals surface area contributed by atoms with Gasteiger partial charge in [-0.1, -0.05) is 0 Å². The Morgan fingerprint density at radius 2 is 1.54 bits per heavy atom.